The van der Waals surface area contributed by atoms with Crippen molar-refractivity contribution in [2.45, 2.75) is 0 Å². The summed E-state index contributed by atoms with van der Waals surface area (Å²) in [6.07, 6.45) is 1.84. The van der Waals surface area contributed by atoms with Gasteiger partial charge >= 0.3 is 0 Å². The largest absolute Gasteiger partial charge is 0.226 e. The number of nitrogens with zero attached hydrogens (tertiary/aromatic N) is 3. The van der Waals surface area contributed by atoms with Crippen molar-refractivity contribution in [3.05, 3.63) is 42.5 Å². The highest BCUT2D eigenvalue weighted by molar-refractivity contribution is 8.14. The molecule has 3 rings (SSSR count). The van der Waals surface area contributed by atoms with Crippen molar-refractivity contribution in [2.24, 2.45) is 15.0 Å². The van der Waals surface area contributed by atoms with Crippen molar-refractivity contribution < 1.29 is 0 Å². The molecular formula is C12H9N3S. The van der Waals surface area contributed by atoms with Gasteiger partial charge in [0.05, 0.1) is 5.69 Å². The van der Waals surface area contributed by atoms with E-state index in [1.54, 1.807) is 11.8 Å². The number of rotatable bonds is 2. The maximum atomic E-state index is 4.48. The Hall–Kier alpha value is -1.68. The second-order valence-electron chi connectivity index (χ2n) is 3.41. The van der Waals surface area contributed by atoms with Crippen LogP contribution in [0, 0.1) is 0 Å². The third-order valence-electron chi connectivity index (χ3n) is 2.34. The highest BCUT2D eigenvalue weighted by Gasteiger charge is 2.26. The van der Waals surface area contributed by atoms with E-state index in [-0.39, 0.29) is 0 Å². The van der Waals surface area contributed by atoms with Gasteiger partial charge in [-0.15, -0.1) is 6.58 Å². The van der Waals surface area contributed by atoms with Crippen LogP contribution in [-0.2, 0) is 0 Å². The number of amidine groups is 2. The van der Waals surface area contributed by atoms with Gasteiger partial charge in [0.15, 0.2) is 11.0 Å². The normalized spacial score (nSPS) is 16.1. The molecule has 4 heteroatoms. The van der Waals surface area contributed by atoms with Crippen molar-refractivity contribution in [3.8, 4) is 0 Å². The smallest absolute Gasteiger partial charge is 0.190 e. The van der Waals surface area contributed by atoms with E-state index in [2.05, 4.69) is 21.6 Å². The summed E-state index contributed by atoms with van der Waals surface area (Å²) in [6.45, 7) is 3.68. The first kappa shape index (κ1) is 9.54. The van der Waals surface area contributed by atoms with Crippen molar-refractivity contribution in [3.63, 3.8) is 0 Å². The van der Waals surface area contributed by atoms with Crippen molar-refractivity contribution in [2.75, 3.05) is 5.75 Å². The molecule has 0 atom stereocenters. The zero-order valence-electron chi connectivity index (χ0n) is 8.55. The lowest BCUT2D eigenvalue weighted by atomic mass is 10.1. The van der Waals surface area contributed by atoms with Crippen LogP contribution in [0.3, 0.4) is 0 Å². The third-order valence-corrected chi connectivity index (χ3v) is 3.18. The SMILES string of the molecule is C=CCSC1=NC2=Nc3ccccc3C2=N1. The number of para-hydroxylation sites is 1. The summed E-state index contributed by atoms with van der Waals surface area (Å²) in [7, 11) is 0. The molecule has 0 unspecified atom stereocenters. The molecule has 0 saturated heterocycles. The average molecular weight is 227 g/mol. The summed E-state index contributed by atoms with van der Waals surface area (Å²) in [4.78, 5) is 13.3. The minimum absolute atomic E-state index is 0.743. The first-order valence-corrected chi connectivity index (χ1v) is 5.96. The number of hydrogen-bond donors (Lipinski definition) is 0. The Kier molecular flexibility index (Phi) is 2.22. The van der Waals surface area contributed by atoms with Gasteiger partial charge in [-0.2, -0.15) is 0 Å². The number of benzene rings is 1. The van der Waals surface area contributed by atoms with Crippen LogP contribution in [0.1, 0.15) is 5.56 Å². The highest BCUT2D eigenvalue weighted by Crippen LogP contribution is 2.30. The lowest BCUT2D eigenvalue weighted by molar-refractivity contribution is 1.51. The summed E-state index contributed by atoms with van der Waals surface area (Å²) in [5.41, 5.74) is 2.95. The van der Waals surface area contributed by atoms with E-state index in [1.165, 1.54) is 0 Å². The highest BCUT2D eigenvalue weighted by atomic mass is 32.2. The van der Waals surface area contributed by atoms with Crippen LogP contribution in [0.2, 0.25) is 0 Å². The summed E-state index contributed by atoms with van der Waals surface area (Å²) < 4.78 is 0. The van der Waals surface area contributed by atoms with E-state index >= 15 is 0 Å². The molecule has 1 aromatic rings. The molecule has 2 heterocycles. The lowest BCUT2D eigenvalue weighted by Gasteiger charge is -1.95. The van der Waals surface area contributed by atoms with Gasteiger partial charge in [0.25, 0.3) is 0 Å². The molecule has 0 amide bonds. The quantitative estimate of drug-likeness (QED) is 0.716. The molecule has 3 nitrogen and oxygen atoms in total. The van der Waals surface area contributed by atoms with Gasteiger partial charge in [-0.05, 0) is 6.07 Å². The Balaban J connectivity index is 1.95. The molecule has 0 fully saturated rings. The molecule has 0 radical (unpaired) electrons. The van der Waals surface area contributed by atoms with Gasteiger partial charge in [-0.1, -0.05) is 36.0 Å². The van der Waals surface area contributed by atoms with Gasteiger partial charge in [-0.3, -0.25) is 0 Å². The second-order valence-corrected chi connectivity index (χ2v) is 4.39. The Bertz CT molecular complexity index is 555. The van der Waals surface area contributed by atoms with Crippen LogP contribution in [0.25, 0.3) is 0 Å². The molecule has 16 heavy (non-hydrogen) atoms. The topological polar surface area (TPSA) is 37.1 Å². The molecule has 0 saturated carbocycles. The standard InChI is InChI=1S/C12H9N3S/c1-2-7-16-12-14-10-8-5-3-4-6-9(8)13-11(10)15-12/h2-6H,1,7H2. The molecule has 2 aliphatic heterocycles. The summed E-state index contributed by atoms with van der Waals surface area (Å²) >= 11 is 1.58. The maximum Gasteiger partial charge on any atom is 0.190 e. The Morgan fingerprint density at radius 2 is 2.06 bits per heavy atom. The number of thioether (sulfide) groups is 1. The van der Waals surface area contributed by atoms with E-state index in [0.717, 1.165) is 33.7 Å². The molecule has 1 aromatic carbocycles. The fraction of sp³-hybridized carbons (Fsp3) is 0.0833. The summed E-state index contributed by atoms with van der Waals surface area (Å²) in [5, 5.41) is 0.781. The Morgan fingerprint density at radius 3 is 2.94 bits per heavy atom. The molecule has 0 aromatic heterocycles. The van der Waals surface area contributed by atoms with E-state index in [1.807, 2.05) is 30.3 Å². The molecule has 0 N–H and O–H groups in total. The molecule has 2 aliphatic rings. The Labute approximate surface area is 97.7 Å². The van der Waals surface area contributed by atoms with Crippen LogP contribution in [-0.4, -0.2) is 22.5 Å². The van der Waals surface area contributed by atoms with E-state index < -0.39 is 0 Å². The average Bonchev–Trinajstić information content (AvgIpc) is 2.83. The van der Waals surface area contributed by atoms with Crippen molar-refractivity contribution in [1.29, 1.82) is 0 Å². The number of aliphatic imine (C=N–C) groups is 3. The minimum atomic E-state index is 0.743. The van der Waals surface area contributed by atoms with Crippen LogP contribution in [0.4, 0.5) is 5.69 Å². The summed E-state index contributed by atoms with van der Waals surface area (Å²) in [5.74, 6) is 1.57. The second kappa shape index (κ2) is 3.72. The number of hydrogen-bond acceptors (Lipinski definition) is 4. The molecule has 0 spiro atoms. The van der Waals surface area contributed by atoms with Crippen LogP contribution >= 0.6 is 11.8 Å². The van der Waals surface area contributed by atoms with E-state index in [9.17, 15) is 0 Å². The zero-order chi connectivity index (χ0) is 11.0. The summed E-state index contributed by atoms with van der Waals surface area (Å²) in [6, 6.07) is 7.98. The number of fused-ring (bicyclic) bond motifs is 3. The molecule has 78 valence electrons. The van der Waals surface area contributed by atoms with Gasteiger partial charge in [0.1, 0.15) is 5.71 Å². The van der Waals surface area contributed by atoms with Gasteiger partial charge in [-0.25, -0.2) is 15.0 Å². The first-order chi connectivity index (χ1) is 7.88. The fourth-order valence-electron chi connectivity index (χ4n) is 1.66. The minimum Gasteiger partial charge on any atom is -0.226 e. The van der Waals surface area contributed by atoms with Crippen molar-refractivity contribution >= 4 is 34.2 Å². The predicted molar refractivity (Wildman–Crippen MR) is 70.2 cm³/mol. The zero-order valence-corrected chi connectivity index (χ0v) is 9.37. The van der Waals surface area contributed by atoms with Crippen LogP contribution in [0.5, 0.6) is 0 Å². The van der Waals surface area contributed by atoms with Gasteiger partial charge in [0.2, 0.25) is 0 Å². The lowest BCUT2D eigenvalue weighted by Crippen LogP contribution is -2.02. The third kappa shape index (κ3) is 1.42. The maximum absolute atomic E-state index is 4.48. The van der Waals surface area contributed by atoms with Gasteiger partial charge < -0.3 is 0 Å². The van der Waals surface area contributed by atoms with E-state index in [0.29, 0.717) is 0 Å². The first-order valence-electron chi connectivity index (χ1n) is 4.98. The molecule has 0 aliphatic carbocycles. The fourth-order valence-corrected chi connectivity index (χ4v) is 2.23. The predicted octanol–water partition coefficient (Wildman–Crippen LogP) is 2.81. The Morgan fingerprint density at radius 1 is 1.19 bits per heavy atom. The van der Waals surface area contributed by atoms with E-state index in [4.69, 9.17) is 0 Å². The van der Waals surface area contributed by atoms with Crippen molar-refractivity contribution in [1.82, 2.24) is 0 Å². The monoisotopic (exact) mass is 227 g/mol. The van der Waals surface area contributed by atoms with Crippen LogP contribution in [0.15, 0.2) is 51.9 Å². The molecular weight excluding hydrogens is 218 g/mol. The van der Waals surface area contributed by atoms with Crippen LogP contribution < -0.4 is 0 Å². The molecule has 0 bridgehead atoms. The van der Waals surface area contributed by atoms with Gasteiger partial charge in [0, 0.05) is 11.3 Å².